The second kappa shape index (κ2) is 8.06. The van der Waals surface area contributed by atoms with Crippen LogP contribution >= 0.6 is 0 Å². The Bertz CT molecular complexity index is 670. The maximum Gasteiger partial charge on any atom is 0.240 e. The molecule has 0 heterocycles. The van der Waals surface area contributed by atoms with Crippen LogP contribution in [-0.4, -0.2) is 40.1 Å². The van der Waals surface area contributed by atoms with Crippen molar-refractivity contribution >= 4 is 15.9 Å². The van der Waals surface area contributed by atoms with E-state index in [1.54, 1.807) is 18.2 Å². The van der Waals surface area contributed by atoms with E-state index >= 15 is 0 Å². The van der Waals surface area contributed by atoms with E-state index < -0.39 is 15.6 Å². The van der Waals surface area contributed by atoms with Gasteiger partial charge >= 0.3 is 0 Å². The maximum absolute atomic E-state index is 12.2. The van der Waals surface area contributed by atoms with E-state index in [0.717, 1.165) is 12.8 Å². The Morgan fingerprint density at radius 1 is 1.33 bits per heavy atom. The van der Waals surface area contributed by atoms with Gasteiger partial charge in [-0.15, -0.1) is 0 Å². The van der Waals surface area contributed by atoms with E-state index in [9.17, 15) is 13.2 Å². The molecule has 1 aromatic rings. The summed E-state index contributed by atoms with van der Waals surface area (Å²) in [6, 6.07) is 6.49. The Morgan fingerprint density at radius 3 is 2.71 bits per heavy atom. The van der Waals surface area contributed by atoms with Crippen LogP contribution in [0.4, 0.5) is 0 Å². The van der Waals surface area contributed by atoms with Gasteiger partial charge in [-0.3, -0.25) is 4.79 Å². The van der Waals surface area contributed by atoms with Crippen LogP contribution < -0.4 is 15.8 Å². The van der Waals surface area contributed by atoms with Crippen molar-refractivity contribution in [3.63, 3.8) is 0 Å². The molecule has 7 nitrogen and oxygen atoms in total. The molecule has 0 aliphatic heterocycles. The van der Waals surface area contributed by atoms with Crippen LogP contribution in [0.5, 0.6) is 0 Å². The molecule has 1 aliphatic rings. The van der Waals surface area contributed by atoms with Gasteiger partial charge in [0, 0.05) is 20.2 Å². The highest BCUT2D eigenvalue weighted by atomic mass is 32.2. The zero-order chi connectivity index (χ0) is 17.6. The number of nitrogens with two attached hydrogens (primary N) is 1. The molecule has 0 spiro atoms. The van der Waals surface area contributed by atoms with Crippen molar-refractivity contribution in [1.29, 1.82) is 0 Å². The van der Waals surface area contributed by atoms with E-state index in [1.165, 1.54) is 13.2 Å². The summed E-state index contributed by atoms with van der Waals surface area (Å²) < 4.78 is 31.7. The minimum atomic E-state index is -3.59. The Balaban J connectivity index is 1.98. The number of carbonyl (C=O) groups excluding carboxylic acids is 1. The summed E-state index contributed by atoms with van der Waals surface area (Å²) in [5.74, 6) is -0.175. The third-order valence-corrected chi connectivity index (χ3v) is 5.67. The van der Waals surface area contributed by atoms with Gasteiger partial charge in [0.15, 0.2) is 0 Å². The van der Waals surface area contributed by atoms with Gasteiger partial charge in [-0.05, 0) is 30.5 Å². The average molecular weight is 355 g/mol. The molecule has 8 heteroatoms. The van der Waals surface area contributed by atoms with Crippen LogP contribution in [0, 0.1) is 0 Å². The molecule has 24 heavy (non-hydrogen) atoms. The molecular weight excluding hydrogens is 330 g/mol. The van der Waals surface area contributed by atoms with E-state index in [2.05, 4.69) is 10.0 Å². The molecule has 0 aromatic heterocycles. The van der Waals surface area contributed by atoms with E-state index in [4.69, 9.17) is 10.5 Å². The molecular formula is C16H25N3O4S. The number of sulfonamides is 1. The molecule has 2 rings (SSSR count). The Hall–Kier alpha value is -1.48. The van der Waals surface area contributed by atoms with Crippen LogP contribution in [0.3, 0.4) is 0 Å². The normalized spacial score (nSPS) is 16.9. The summed E-state index contributed by atoms with van der Waals surface area (Å²) in [6.45, 7) is 0.752. The molecule has 0 radical (unpaired) electrons. The van der Waals surface area contributed by atoms with Gasteiger partial charge in [0.2, 0.25) is 15.9 Å². The SMILES string of the molecule is COCCNS(=O)(=O)c1cccc(CNC(=O)C2(N)CCCC2)c1. The first-order valence-corrected chi connectivity index (χ1v) is 9.50. The number of hydrogen-bond donors (Lipinski definition) is 3. The van der Waals surface area contributed by atoms with Crippen LogP contribution in [0.2, 0.25) is 0 Å². The lowest BCUT2D eigenvalue weighted by molar-refractivity contribution is -0.126. The van der Waals surface area contributed by atoms with Gasteiger partial charge in [-0.2, -0.15) is 0 Å². The Labute approximate surface area is 143 Å². The van der Waals surface area contributed by atoms with E-state index in [-0.39, 0.29) is 23.9 Å². The number of amides is 1. The van der Waals surface area contributed by atoms with Gasteiger partial charge in [0.1, 0.15) is 0 Å². The molecule has 1 saturated carbocycles. The largest absolute Gasteiger partial charge is 0.383 e. The Kier molecular flexibility index (Phi) is 6.34. The van der Waals surface area contributed by atoms with E-state index in [1.807, 2.05) is 0 Å². The van der Waals surface area contributed by atoms with Crippen LogP contribution in [-0.2, 0) is 26.1 Å². The lowest BCUT2D eigenvalue weighted by Crippen LogP contribution is -2.51. The quantitative estimate of drug-likeness (QED) is 0.588. The van der Waals surface area contributed by atoms with Crippen molar-refractivity contribution in [2.75, 3.05) is 20.3 Å². The number of hydrogen-bond acceptors (Lipinski definition) is 5. The molecule has 0 bridgehead atoms. The number of methoxy groups -OCH3 is 1. The van der Waals surface area contributed by atoms with Gasteiger partial charge < -0.3 is 15.8 Å². The van der Waals surface area contributed by atoms with Crippen molar-refractivity contribution in [3.05, 3.63) is 29.8 Å². The minimum absolute atomic E-state index is 0.161. The molecule has 134 valence electrons. The topological polar surface area (TPSA) is 111 Å². The highest BCUT2D eigenvalue weighted by molar-refractivity contribution is 7.89. The summed E-state index contributed by atoms with van der Waals surface area (Å²) in [5, 5.41) is 2.81. The molecule has 1 amide bonds. The summed E-state index contributed by atoms with van der Waals surface area (Å²) in [4.78, 5) is 12.4. The maximum atomic E-state index is 12.2. The zero-order valence-corrected chi connectivity index (χ0v) is 14.7. The molecule has 4 N–H and O–H groups in total. The second-order valence-corrected chi connectivity index (χ2v) is 7.85. The molecule has 1 fully saturated rings. The fourth-order valence-corrected chi connectivity index (χ4v) is 3.86. The monoisotopic (exact) mass is 355 g/mol. The van der Waals surface area contributed by atoms with Crippen molar-refractivity contribution in [2.45, 2.75) is 42.7 Å². The fourth-order valence-electron chi connectivity index (χ4n) is 2.78. The summed E-state index contributed by atoms with van der Waals surface area (Å²) in [6.07, 6.45) is 3.31. The summed E-state index contributed by atoms with van der Waals surface area (Å²) in [5.41, 5.74) is 6.03. The summed E-state index contributed by atoms with van der Waals surface area (Å²) >= 11 is 0. The first kappa shape index (κ1) is 18.9. The third kappa shape index (κ3) is 4.76. The predicted octanol–water partition coefficient (Wildman–Crippen LogP) is 0.499. The first-order valence-electron chi connectivity index (χ1n) is 8.02. The molecule has 1 aromatic carbocycles. The standard InChI is InChI=1S/C16H25N3O4S/c1-23-10-9-19-24(21,22)14-6-4-5-13(11-14)12-18-15(20)16(17)7-2-3-8-16/h4-6,11,19H,2-3,7-10,12,17H2,1H3,(H,18,20). The number of benzene rings is 1. The highest BCUT2D eigenvalue weighted by Gasteiger charge is 2.36. The first-order chi connectivity index (χ1) is 11.4. The predicted molar refractivity (Wildman–Crippen MR) is 90.7 cm³/mol. The Morgan fingerprint density at radius 2 is 2.04 bits per heavy atom. The number of ether oxygens (including phenoxy) is 1. The lowest BCUT2D eigenvalue weighted by atomic mass is 9.98. The second-order valence-electron chi connectivity index (χ2n) is 6.08. The number of carbonyl (C=O) groups is 1. The fraction of sp³-hybridized carbons (Fsp3) is 0.562. The van der Waals surface area contributed by atoms with E-state index in [0.29, 0.717) is 25.0 Å². The highest BCUT2D eigenvalue weighted by Crippen LogP contribution is 2.27. The van der Waals surface area contributed by atoms with Gasteiger partial charge in [0.05, 0.1) is 17.0 Å². The minimum Gasteiger partial charge on any atom is -0.383 e. The van der Waals surface area contributed by atoms with Crippen LogP contribution in [0.15, 0.2) is 29.2 Å². The lowest BCUT2D eigenvalue weighted by Gasteiger charge is -2.22. The summed E-state index contributed by atoms with van der Waals surface area (Å²) in [7, 11) is -2.08. The van der Waals surface area contributed by atoms with Crippen molar-refractivity contribution in [2.24, 2.45) is 5.73 Å². The van der Waals surface area contributed by atoms with Gasteiger partial charge in [-0.1, -0.05) is 25.0 Å². The van der Waals surface area contributed by atoms with Crippen LogP contribution in [0.1, 0.15) is 31.2 Å². The van der Waals surface area contributed by atoms with Gasteiger partial charge in [0.25, 0.3) is 0 Å². The number of nitrogens with one attached hydrogen (secondary N) is 2. The van der Waals surface area contributed by atoms with Crippen molar-refractivity contribution < 1.29 is 17.9 Å². The van der Waals surface area contributed by atoms with Crippen molar-refractivity contribution in [3.8, 4) is 0 Å². The van der Waals surface area contributed by atoms with Crippen molar-refractivity contribution in [1.82, 2.24) is 10.0 Å². The molecule has 0 saturated heterocycles. The molecule has 0 unspecified atom stereocenters. The molecule has 0 atom stereocenters. The van der Waals surface area contributed by atoms with Crippen LogP contribution in [0.25, 0.3) is 0 Å². The molecule has 1 aliphatic carbocycles. The van der Waals surface area contributed by atoms with Gasteiger partial charge in [-0.25, -0.2) is 13.1 Å². The zero-order valence-electron chi connectivity index (χ0n) is 13.9. The smallest absolute Gasteiger partial charge is 0.240 e. The third-order valence-electron chi connectivity index (χ3n) is 4.21. The number of rotatable bonds is 8. The average Bonchev–Trinajstić information content (AvgIpc) is 3.01.